The highest BCUT2D eigenvalue weighted by atomic mass is 16.1. The zero-order valence-electron chi connectivity index (χ0n) is 12.4. The molecule has 0 radical (unpaired) electrons. The first kappa shape index (κ1) is 13.4. The fraction of sp³-hybridized carbons (Fsp3) is 0.167. The monoisotopic (exact) mass is 278 g/mol. The summed E-state index contributed by atoms with van der Waals surface area (Å²) in [5.41, 5.74) is 5.77. The summed E-state index contributed by atoms with van der Waals surface area (Å²) in [6.07, 6.45) is 0. The molecular formula is C18H18N2O. The third kappa shape index (κ3) is 2.55. The highest BCUT2D eigenvalue weighted by Gasteiger charge is 2.14. The number of benzene rings is 2. The van der Waals surface area contributed by atoms with Gasteiger partial charge in [0.05, 0.1) is 0 Å². The lowest BCUT2D eigenvalue weighted by Gasteiger charge is -2.05. The molecule has 0 bridgehead atoms. The maximum absolute atomic E-state index is 12.4. The highest BCUT2D eigenvalue weighted by Crippen LogP contribution is 2.23. The SMILES string of the molecule is Cc1ccc(NC(=O)c2[nH]c3ccc(C)cc3c2C)cc1. The number of nitrogens with one attached hydrogen (secondary N) is 2. The highest BCUT2D eigenvalue weighted by molar-refractivity contribution is 6.07. The number of H-pyrrole nitrogens is 1. The van der Waals surface area contributed by atoms with Gasteiger partial charge in [-0.1, -0.05) is 29.3 Å². The van der Waals surface area contributed by atoms with E-state index >= 15 is 0 Å². The van der Waals surface area contributed by atoms with Crippen LogP contribution in [0.15, 0.2) is 42.5 Å². The summed E-state index contributed by atoms with van der Waals surface area (Å²) < 4.78 is 0. The van der Waals surface area contributed by atoms with Crippen LogP contribution in [0.25, 0.3) is 10.9 Å². The molecule has 3 nitrogen and oxygen atoms in total. The van der Waals surface area contributed by atoms with Gasteiger partial charge in [-0.3, -0.25) is 4.79 Å². The molecule has 3 aromatic rings. The van der Waals surface area contributed by atoms with Crippen LogP contribution < -0.4 is 5.32 Å². The summed E-state index contributed by atoms with van der Waals surface area (Å²) >= 11 is 0. The molecule has 0 unspecified atom stereocenters. The minimum atomic E-state index is -0.106. The second kappa shape index (κ2) is 5.09. The number of fused-ring (bicyclic) bond motifs is 1. The van der Waals surface area contributed by atoms with Crippen molar-refractivity contribution < 1.29 is 4.79 Å². The topological polar surface area (TPSA) is 44.9 Å². The summed E-state index contributed by atoms with van der Waals surface area (Å²) in [6, 6.07) is 13.9. The van der Waals surface area contributed by atoms with Gasteiger partial charge < -0.3 is 10.3 Å². The molecule has 1 amide bonds. The van der Waals surface area contributed by atoms with E-state index in [0.717, 1.165) is 22.2 Å². The lowest BCUT2D eigenvalue weighted by molar-refractivity contribution is 0.102. The smallest absolute Gasteiger partial charge is 0.272 e. The number of hydrogen-bond donors (Lipinski definition) is 2. The van der Waals surface area contributed by atoms with Crippen molar-refractivity contribution in [1.82, 2.24) is 4.98 Å². The first-order valence-electron chi connectivity index (χ1n) is 7.01. The molecule has 0 fully saturated rings. The van der Waals surface area contributed by atoms with Crippen LogP contribution in [0.2, 0.25) is 0 Å². The Morgan fingerprint density at radius 2 is 1.62 bits per heavy atom. The molecule has 3 heteroatoms. The molecule has 0 spiro atoms. The molecule has 0 aliphatic heterocycles. The van der Waals surface area contributed by atoms with E-state index in [1.165, 1.54) is 11.1 Å². The van der Waals surface area contributed by atoms with Crippen molar-refractivity contribution in [1.29, 1.82) is 0 Å². The van der Waals surface area contributed by atoms with E-state index in [0.29, 0.717) is 5.69 Å². The molecule has 1 heterocycles. The van der Waals surface area contributed by atoms with Crippen molar-refractivity contribution >= 4 is 22.5 Å². The predicted molar refractivity (Wildman–Crippen MR) is 86.9 cm³/mol. The largest absolute Gasteiger partial charge is 0.350 e. The average Bonchev–Trinajstić information content (AvgIpc) is 2.79. The van der Waals surface area contributed by atoms with Crippen LogP contribution in [-0.4, -0.2) is 10.9 Å². The lowest BCUT2D eigenvalue weighted by atomic mass is 10.1. The summed E-state index contributed by atoms with van der Waals surface area (Å²) in [7, 11) is 0. The van der Waals surface area contributed by atoms with E-state index in [4.69, 9.17) is 0 Å². The van der Waals surface area contributed by atoms with E-state index in [1.54, 1.807) is 0 Å². The maximum Gasteiger partial charge on any atom is 0.272 e. The number of amides is 1. The number of carbonyl (C=O) groups is 1. The number of rotatable bonds is 2. The number of anilines is 1. The molecule has 21 heavy (non-hydrogen) atoms. The molecule has 0 atom stereocenters. The van der Waals surface area contributed by atoms with Crippen LogP contribution in [0, 0.1) is 20.8 Å². The van der Waals surface area contributed by atoms with Crippen LogP contribution in [0.4, 0.5) is 5.69 Å². The Kier molecular flexibility index (Phi) is 3.26. The Balaban J connectivity index is 1.94. The Hall–Kier alpha value is -2.55. The Labute approximate surface area is 124 Å². The molecule has 0 aliphatic carbocycles. The van der Waals surface area contributed by atoms with E-state index < -0.39 is 0 Å². The first-order valence-corrected chi connectivity index (χ1v) is 7.01. The quantitative estimate of drug-likeness (QED) is 0.719. The number of aromatic nitrogens is 1. The van der Waals surface area contributed by atoms with Crippen LogP contribution in [0.5, 0.6) is 0 Å². The molecule has 0 aliphatic rings. The Bertz CT molecular complexity index is 813. The number of hydrogen-bond acceptors (Lipinski definition) is 1. The molecule has 0 saturated heterocycles. The minimum Gasteiger partial charge on any atom is -0.350 e. The van der Waals surface area contributed by atoms with Gasteiger partial charge in [-0.2, -0.15) is 0 Å². The number of carbonyl (C=O) groups excluding carboxylic acids is 1. The van der Waals surface area contributed by atoms with Crippen molar-refractivity contribution in [2.45, 2.75) is 20.8 Å². The van der Waals surface area contributed by atoms with Gasteiger partial charge in [-0.05, 0) is 50.6 Å². The van der Waals surface area contributed by atoms with Gasteiger partial charge in [0.15, 0.2) is 0 Å². The summed E-state index contributed by atoms with van der Waals surface area (Å²) in [5, 5.41) is 4.03. The standard InChI is InChI=1S/C18H18N2O/c1-11-4-7-14(8-5-11)19-18(21)17-13(3)15-10-12(2)6-9-16(15)20-17/h4-10,20H,1-3H3,(H,19,21). The fourth-order valence-electron chi connectivity index (χ4n) is 2.50. The van der Waals surface area contributed by atoms with Gasteiger partial charge in [0, 0.05) is 16.6 Å². The molecule has 2 aromatic carbocycles. The third-order valence-corrected chi connectivity index (χ3v) is 3.75. The van der Waals surface area contributed by atoms with Gasteiger partial charge in [-0.15, -0.1) is 0 Å². The molecule has 0 saturated carbocycles. The van der Waals surface area contributed by atoms with Crippen molar-refractivity contribution in [2.75, 3.05) is 5.32 Å². The van der Waals surface area contributed by atoms with Crippen molar-refractivity contribution in [3.8, 4) is 0 Å². The van der Waals surface area contributed by atoms with Gasteiger partial charge in [0.25, 0.3) is 5.91 Å². The maximum atomic E-state index is 12.4. The average molecular weight is 278 g/mol. The van der Waals surface area contributed by atoms with Gasteiger partial charge in [0.1, 0.15) is 5.69 Å². The molecule has 2 N–H and O–H groups in total. The zero-order chi connectivity index (χ0) is 15.0. The second-order valence-corrected chi connectivity index (χ2v) is 5.49. The molecular weight excluding hydrogens is 260 g/mol. The van der Waals surface area contributed by atoms with E-state index in [1.807, 2.05) is 50.2 Å². The molecule has 3 rings (SSSR count). The van der Waals surface area contributed by atoms with Crippen LogP contribution in [-0.2, 0) is 0 Å². The zero-order valence-corrected chi connectivity index (χ0v) is 12.4. The molecule has 106 valence electrons. The van der Waals surface area contributed by atoms with Crippen molar-refractivity contribution in [2.24, 2.45) is 0 Å². The Morgan fingerprint density at radius 3 is 2.33 bits per heavy atom. The van der Waals surface area contributed by atoms with Crippen molar-refractivity contribution in [3.63, 3.8) is 0 Å². The van der Waals surface area contributed by atoms with Crippen LogP contribution in [0.3, 0.4) is 0 Å². The first-order chi connectivity index (χ1) is 10.0. The summed E-state index contributed by atoms with van der Waals surface area (Å²) in [6.45, 7) is 6.05. The number of aromatic amines is 1. The van der Waals surface area contributed by atoms with Gasteiger partial charge in [-0.25, -0.2) is 0 Å². The Morgan fingerprint density at radius 1 is 0.952 bits per heavy atom. The van der Waals surface area contributed by atoms with Gasteiger partial charge in [0.2, 0.25) is 0 Å². The van der Waals surface area contributed by atoms with E-state index in [-0.39, 0.29) is 5.91 Å². The fourth-order valence-corrected chi connectivity index (χ4v) is 2.50. The lowest BCUT2D eigenvalue weighted by Crippen LogP contribution is -2.13. The third-order valence-electron chi connectivity index (χ3n) is 3.75. The normalized spacial score (nSPS) is 10.8. The van der Waals surface area contributed by atoms with E-state index in [2.05, 4.69) is 23.3 Å². The van der Waals surface area contributed by atoms with Crippen LogP contribution >= 0.6 is 0 Å². The van der Waals surface area contributed by atoms with Crippen LogP contribution in [0.1, 0.15) is 27.2 Å². The minimum absolute atomic E-state index is 0.106. The van der Waals surface area contributed by atoms with Crippen molar-refractivity contribution in [3.05, 3.63) is 64.8 Å². The number of aryl methyl sites for hydroxylation is 3. The van der Waals surface area contributed by atoms with Gasteiger partial charge >= 0.3 is 0 Å². The van der Waals surface area contributed by atoms with E-state index in [9.17, 15) is 4.79 Å². The second-order valence-electron chi connectivity index (χ2n) is 5.49. The summed E-state index contributed by atoms with van der Waals surface area (Å²) in [4.78, 5) is 15.6. The summed E-state index contributed by atoms with van der Waals surface area (Å²) in [5.74, 6) is -0.106. The molecule has 1 aromatic heterocycles. The predicted octanol–water partition coefficient (Wildman–Crippen LogP) is 4.35.